The van der Waals surface area contributed by atoms with Crippen LogP contribution in [0.4, 0.5) is 5.82 Å². The van der Waals surface area contributed by atoms with Crippen LogP contribution in [-0.4, -0.2) is 20.1 Å². The molecule has 3 aromatic rings. The number of phenols is 1. The Bertz CT molecular complexity index is 796. The van der Waals surface area contributed by atoms with Crippen molar-refractivity contribution < 1.29 is 5.11 Å². The fourth-order valence-corrected chi connectivity index (χ4v) is 2.28. The third-order valence-corrected chi connectivity index (χ3v) is 3.48. The van der Waals surface area contributed by atoms with Crippen LogP contribution >= 0.6 is 11.6 Å². The van der Waals surface area contributed by atoms with E-state index in [1.807, 2.05) is 19.1 Å². The molecule has 0 atom stereocenters. The summed E-state index contributed by atoms with van der Waals surface area (Å²) in [6.45, 7) is 1.87. The number of hydrogen-bond donors (Lipinski definition) is 2. The fourth-order valence-electron chi connectivity index (χ4n) is 2.16. The van der Waals surface area contributed by atoms with Crippen LogP contribution in [0.25, 0.3) is 16.9 Å². The molecule has 0 saturated carbocycles. The van der Waals surface area contributed by atoms with Crippen LogP contribution in [0.15, 0.2) is 42.5 Å². The van der Waals surface area contributed by atoms with Gasteiger partial charge in [-0.25, -0.2) is 0 Å². The summed E-state index contributed by atoms with van der Waals surface area (Å²) in [5.74, 6) is 0.638. The molecule has 5 nitrogen and oxygen atoms in total. The maximum atomic E-state index is 9.47. The van der Waals surface area contributed by atoms with Gasteiger partial charge in [0.2, 0.25) is 0 Å². The number of hydrogen-bond acceptors (Lipinski definition) is 4. The summed E-state index contributed by atoms with van der Waals surface area (Å²) in [7, 11) is 0. The van der Waals surface area contributed by atoms with Crippen molar-refractivity contribution in [2.24, 2.45) is 0 Å². The van der Waals surface area contributed by atoms with Gasteiger partial charge in [0.25, 0.3) is 0 Å². The lowest BCUT2D eigenvalue weighted by Crippen LogP contribution is -2.04. The molecule has 3 rings (SSSR count). The second-order valence-corrected chi connectivity index (χ2v) is 5.15. The Kier molecular flexibility index (Phi) is 3.27. The van der Waals surface area contributed by atoms with Gasteiger partial charge in [-0.3, -0.25) is 0 Å². The second-order valence-electron chi connectivity index (χ2n) is 4.71. The first-order valence-corrected chi connectivity index (χ1v) is 6.71. The number of aryl methyl sites for hydroxylation is 1. The molecule has 21 heavy (non-hydrogen) atoms. The maximum absolute atomic E-state index is 9.47. The lowest BCUT2D eigenvalue weighted by molar-refractivity contribution is 0.474. The molecule has 0 aliphatic rings. The number of nitrogens with zero attached hydrogens (tertiary/aromatic N) is 3. The van der Waals surface area contributed by atoms with Gasteiger partial charge in [0.1, 0.15) is 11.4 Å². The van der Waals surface area contributed by atoms with Crippen molar-refractivity contribution in [3.63, 3.8) is 0 Å². The maximum Gasteiger partial charge on any atom is 0.155 e. The third-order valence-electron chi connectivity index (χ3n) is 3.23. The van der Waals surface area contributed by atoms with E-state index in [4.69, 9.17) is 17.3 Å². The van der Waals surface area contributed by atoms with E-state index in [0.29, 0.717) is 16.5 Å². The smallest absolute Gasteiger partial charge is 0.155 e. The Labute approximate surface area is 126 Å². The van der Waals surface area contributed by atoms with Crippen molar-refractivity contribution in [2.75, 3.05) is 5.73 Å². The predicted octanol–water partition coefficient (Wildman–Crippen LogP) is 3.18. The molecule has 2 aromatic carbocycles. The Morgan fingerprint density at radius 1 is 1.14 bits per heavy atom. The standard InChI is InChI=1S/C15H13ClN4O/c1-9-8-12(21)6-7-13(9)20-15(17)14(18-19-20)10-2-4-11(16)5-3-10/h2-8,21H,17H2,1H3. The quantitative estimate of drug-likeness (QED) is 0.762. The van der Waals surface area contributed by atoms with Gasteiger partial charge < -0.3 is 10.8 Å². The summed E-state index contributed by atoms with van der Waals surface area (Å²) >= 11 is 5.88. The van der Waals surface area contributed by atoms with Crippen LogP contribution in [0.3, 0.4) is 0 Å². The molecular weight excluding hydrogens is 288 g/mol. The molecule has 0 fully saturated rings. The van der Waals surface area contributed by atoms with Gasteiger partial charge in [-0.15, -0.1) is 5.10 Å². The van der Waals surface area contributed by atoms with Crippen LogP contribution < -0.4 is 5.73 Å². The molecule has 0 saturated heterocycles. The second kappa shape index (κ2) is 5.10. The zero-order valence-electron chi connectivity index (χ0n) is 11.3. The van der Waals surface area contributed by atoms with Crippen LogP contribution in [0, 0.1) is 6.92 Å². The van der Waals surface area contributed by atoms with Gasteiger partial charge in [-0.2, -0.15) is 4.68 Å². The number of nitrogens with two attached hydrogens (primary N) is 1. The normalized spacial score (nSPS) is 10.8. The van der Waals surface area contributed by atoms with E-state index in [0.717, 1.165) is 16.8 Å². The van der Waals surface area contributed by atoms with Gasteiger partial charge in [-0.05, 0) is 42.8 Å². The minimum absolute atomic E-state index is 0.202. The number of benzene rings is 2. The van der Waals surface area contributed by atoms with E-state index in [1.165, 1.54) is 0 Å². The first kappa shape index (κ1) is 13.5. The van der Waals surface area contributed by atoms with Gasteiger partial charge in [0.15, 0.2) is 5.82 Å². The van der Waals surface area contributed by atoms with E-state index in [-0.39, 0.29) is 5.75 Å². The van der Waals surface area contributed by atoms with Crippen molar-refractivity contribution in [3.05, 3.63) is 53.1 Å². The van der Waals surface area contributed by atoms with Gasteiger partial charge in [0, 0.05) is 10.6 Å². The average molecular weight is 301 g/mol. The number of phenolic OH excluding ortho intramolecular Hbond substituents is 1. The van der Waals surface area contributed by atoms with Gasteiger partial charge in [0.05, 0.1) is 5.69 Å². The van der Waals surface area contributed by atoms with Crippen molar-refractivity contribution in [1.29, 1.82) is 0 Å². The molecule has 106 valence electrons. The lowest BCUT2D eigenvalue weighted by Gasteiger charge is -2.07. The average Bonchev–Trinajstić information content (AvgIpc) is 2.82. The minimum Gasteiger partial charge on any atom is -0.508 e. The molecule has 0 unspecified atom stereocenters. The summed E-state index contributed by atoms with van der Waals surface area (Å²) in [6.07, 6.45) is 0. The van der Waals surface area contributed by atoms with Crippen LogP contribution in [0.2, 0.25) is 5.02 Å². The van der Waals surface area contributed by atoms with Crippen LogP contribution in [0.5, 0.6) is 5.75 Å². The number of halogens is 1. The molecule has 6 heteroatoms. The molecule has 0 aliphatic carbocycles. The van der Waals surface area contributed by atoms with E-state index in [2.05, 4.69) is 10.3 Å². The summed E-state index contributed by atoms with van der Waals surface area (Å²) in [4.78, 5) is 0. The van der Waals surface area contributed by atoms with E-state index >= 15 is 0 Å². The Morgan fingerprint density at radius 3 is 2.52 bits per heavy atom. The molecular formula is C15H13ClN4O. The van der Waals surface area contributed by atoms with E-state index < -0.39 is 0 Å². The fraction of sp³-hybridized carbons (Fsp3) is 0.0667. The topological polar surface area (TPSA) is 77.0 Å². The number of nitrogen functional groups attached to an aromatic ring is 1. The van der Waals surface area contributed by atoms with Crippen LogP contribution in [-0.2, 0) is 0 Å². The zero-order valence-corrected chi connectivity index (χ0v) is 12.0. The number of anilines is 1. The Balaban J connectivity index is 2.09. The highest BCUT2D eigenvalue weighted by Gasteiger charge is 2.14. The number of aromatic hydroxyl groups is 1. The predicted molar refractivity (Wildman–Crippen MR) is 82.6 cm³/mol. The minimum atomic E-state index is 0.202. The largest absolute Gasteiger partial charge is 0.508 e. The zero-order chi connectivity index (χ0) is 15.0. The Morgan fingerprint density at radius 2 is 1.86 bits per heavy atom. The van der Waals surface area contributed by atoms with Gasteiger partial charge >= 0.3 is 0 Å². The van der Waals surface area contributed by atoms with E-state index in [1.54, 1.807) is 35.0 Å². The highest BCUT2D eigenvalue weighted by Crippen LogP contribution is 2.28. The summed E-state index contributed by atoms with van der Waals surface area (Å²) in [5.41, 5.74) is 9.23. The van der Waals surface area contributed by atoms with Crippen molar-refractivity contribution in [1.82, 2.24) is 15.0 Å². The molecule has 0 bridgehead atoms. The lowest BCUT2D eigenvalue weighted by atomic mass is 10.1. The molecule has 0 radical (unpaired) electrons. The highest BCUT2D eigenvalue weighted by molar-refractivity contribution is 6.30. The molecule has 1 aromatic heterocycles. The van der Waals surface area contributed by atoms with Crippen LogP contribution in [0.1, 0.15) is 5.56 Å². The molecule has 1 heterocycles. The molecule has 0 aliphatic heterocycles. The first-order valence-electron chi connectivity index (χ1n) is 6.33. The van der Waals surface area contributed by atoms with Crippen molar-refractivity contribution in [3.8, 4) is 22.7 Å². The van der Waals surface area contributed by atoms with Gasteiger partial charge in [-0.1, -0.05) is 28.9 Å². The summed E-state index contributed by atoms with van der Waals surface area (Å²) in [6, 6.07) is 12.2. The third kappa shape index (κ3) is 2.43. The SMILES string of the molecule is Cc1cc(O)ccc1-n1nnc(-c2ccc(Cl)cc2)c1N. The Hall–Kier alpha value is -2.53. The molecule has 0 spiro atoms. The highest BCUT2D eigenvalue weighted by atomic mass is 35.5. The first-order chi connectivity index (χ1) is 10.1. The van der Waals surface area contributed by atoms with Crippen molar-refractivity contribution >= 4 is 17.4 Å². The molecule has 0 amide bonds. The number of aromatic nitrogens is 3. The number of rotatable bonds is 2. The summed E-state index contributed by atoms with van der Waals surface area (Å²) < 4.78 is 1.55. The molecule has 3 N–H and O–H groups in total. The monoisotopic (exact) mass is 300 g/mol. The van der Waals surface area contributed by atoms with Crippen molar-refractivity contribution in [2.45, 2.75) is 6.92 Å². The summed E-state index contributed by atoms with van der Waals surface area (Å²) in [5, 5.41) is 18.4. The van der Waals surface area contributed by atoms with E-state index in [9.17, 15) is 5.11 Å².